The van der Waals surface area contributed by atoms with Gasteiger partial charge >= 0.3 is 0 Å². The van der Waals surface area contributed by atoms with Gasteiger partial charge in [-0.15, -0.1) is 0 Å². The first-order valence-electron chi connectivity index (χ1n) is 5.16. The van der Waals surface area contributed by atoms with E-state index < -0.39 is 0 Å². The Morgan fingerprint density at radius 2 is 1.93 bits per heavy atom. The number of nitrogen functional groups attached to an aromatic ring is 1. The number of nitrogens with zero attached hydrogens (tertiary/aromatic N) is 3. The monoisotopic (exact) mass is 208 g/mol. The maximum absolute atomic E-state index is 5.68. The molecule has 1 aromatic heterocycles. The minimum atomic E-state index is 0.715. The molecule has 0 aliphatic carbocycles. The van der Waals surface area contributed by atoms with Crippen LogP contribution < -0.4 is 10.6 Å². The SMILES string of the molecule is CN(C)CCCN(C)c1cncc(N)c1. The van der Waals surface area contributed by atoms with Crippen LogP contribution in [0.5, 0.6) is 0 Å². The fourth-order valence-electron chi connectivity index (χ4n) is 1.41. The topological polar surface area (TPSA) is 45.4 Å². The van der Waals surface area contributed by atoms with E-state index in [-0.39, 0.29) is 0 Å². The summed E-state index contributed by atoms with van der Waals surface area (Å²) >= 11 is 0. The van der Waals surface area contributed by atoms with Crippen molar-refractivity contribution in [2.75, 3.05) is 44.9 Å². The molecular weight excluding hydrogens is 188 g/mol. The average Bonchev–Trinajstić information content (AvgIpc) is 2.17. The standard InChI is InChI=1S/C11H20N4/c1-14(2)5-4-6-15(3)11-7-10(12)8-13-9-11/h7-9H,4-6,12H2,1-3H3. The molecule has 4 heteroatoms. The molecule has 84 valence electrons. The molecule has 0 aliphatic heterocycles. The predicted octanol–water partition coefficient (Wildman–Crippen LogP) is 1.05. The van der Waals surface area contributed by atoms with Crippen LogP contribution in [0, 0.1) is 0 Å². The Morgan fingerprint density at radius 1 is 1.20 bits per heavy atom. The first kappa shape index (κ1) is 11.8. The van der Waals surface area contributed by atoms with Crippen LogP contribution >= 0.6 is 0 Å². The molecule has 0 atom stereocenters. The molecular formula is C11H20N4. The fourth-order valence-corrected chi connectivity index (χ4v) is 1.41. The van der Waals surface area contributed by atoms with Gasteiger partial charge in [0.1, 0.15) is 0 Å². The van der Waals surface area contributed by atoms with Gasteiger partial charge in [0, 0.05) is 19.8 Å². The molecule has 1 aromatic rings. The minimum Gasteiger partial charge on any atom is -0.397 e. The Kier molecular flexibility index (Phi) is 4.37. The number of pyridine rings is 1. The van der Waals surface area contributed by atoms with Gasteiger partial charge in [-0.2, -0.15) is 0 Å². The number of hydrogen-bond acceptors (Lipinski definition) is 4. The van der Waals surface area contributed by atoms with Crippen molar-refractivity contribution in [3.63, 3.8) is 0 Å². The van der Waals surface area contributed by atoms with Gasteiger partial charge in [-0.1, -0.05) is 0 Å². The van der Waals surface area contributed by atoms with Crippen molar-refractivity contribution < 1.29 is 0 Å². The van der Waals surface area contributed by atoms with Gasteiger partial charge < -0.3 is 15.5 Å². The maximum Gasteiger partial charge on any atom is 0.0570 e. The van der Waals surface area contributed by atoms with Crippen molar-refractivity contribution in [3.05, 3.63) is 18.5 Å². The highest BCUT2D eigenvalue weighted by Gasteiger charge is 2.01. The summed E-state index contributed by atoms with van der Waals surface area (Å²) in [6.07, 6.45) is 4.64. The zero-order chi connectivity index (χ0) is 11.3. The van der Waals surface area contributed by atoms with Gasteiger partial charge in [0.15, 0.2) is 0 Å². The molecule has 0 unspecified atom stereocenters. The first-order valence-corrected chi connectivity index (χ1v) is 5.16. The predicted molar refractivity (Wildman–Crippen MR) is 65.1 cm³/mol. The lowest BCUT2D eigenvalue weighted by Crippen LogP contribution is -2.23. The molecule has 0 fully saturated rings. The molecule has 0 bridgehead atoms. The second kappa shape index (κ2) is 5.56. The zero-order valence-corrected chi connectivity index (χ0v) is 9.77. The average molecular weight is 208 g/mol. The van der Waals surface area contributed by atoms with Crippen molar-refractivity contribution in [1.29, 1.82) is 0 Å². The second-order valence-corrected chi connectivity index (χ2v) is 4.05. The zero-order valence-electron chi connectivity index (χ0n) is 9.77. The molecule has 2 N–H and O–H groups in total. The van der Waals surface area contributed by atoms with Crippen molar-refractivity contribution in [2.45, 2.75) is 6.42 Å². The smallest absolute Gasteiger partial charge is 0.0570 e. The lowest BCUT2D eigenvalue weighted by Gasteiger charge is -2.20. The van der Waals surface area contributed by atoms with E-state index in [1.165, 1.54) is 0 Å². The summed E-state index contributed by atoms with van der Waals surface area (Å²) < 4.78 is 0. The van der Waals surface area contributed by atoms with Crippen molar-refractivity contribution in [3.8, 4) is 0 Å². The molecule has 0 radical (unpaired) electrons. The molecule has 0 saturated carbocycles. The minimum absolute atomic E-state index is 0.715. The van der Waals surface area contributed by atoms with Gasteiger partial charge in [-0.25, -0.2) is 0 Å². The molecule has 1 heterocycles. The van der Waals surface area contributed by atoms with E-state index in [1.54, 1.807) is 6.20 Å². The van der Waals surface area contributed by atoms with Crippen LogP contribution in [-0.2, 0) is 0 Å². The normalized spacial score (nSPS) is 10.7. The maximum atomic E-state index is 5.68. The summed E-state index contributed by atoms with van der Waals surface area (Å²) in [5.41, 5.74) is 7.47. The number of aromatic nitrogens is 1. The molecule has 0 spiro atoms. The van der Waals surface area contributed by atoms with E-state index in [0.29, 0.717) is 5.69 Å². The van der Waals surface area contributed by atoms with E-state index >= 15 is 0 Å². The van der Waals surface area contributed by atoms with Crippen LogP contribution in [0.25, 0.3) is 0 Å². The van der Waals surface area contributed by atoms with Crippen molar-refractivity contribution >= 4 is 11.4 Å². The number of nitrogens with two attached hydrogens (primary N) is 1. The molecule has 0 amide bonds. The van der Waals surface area contributed by atoms with Crippen LogP contribution in [0.2, 0.25) is 0 Å². The van der Waals surface area contributed by atoms with E-state index in [1.807, 2.05) is 12.3 Å². The highest BCUT2D eigenvalue weighted by atomic mass is 15.1. The molecule has 0 aliphatic rings. The van der Waals surface area contributed by atoms with Gasteiger partial charge in [0.25, 0.3) is 0 Å². The molecule has 1 rings (SSSR count). The number of hydrogen-bond donors (Lipinski definition) is 1. The summed E-state index contributed by atoms with van der Waals surface area (Å²) in [4.78, 5) is 8.43. The van der Waals surface area contributed by atoms with Crippen molar-refractivity contribution in [1.82, 2.24) is 9.88 Å². The highest BCUT2D eigenvalue weighted by molar-refractivity contribution is 5.52. The third kappa shape index (κ3) is 4.16. The summed E-state index contributed by atoms with van der Waals surface area (Å²) in [7, 11) is 6.23. The van der Waals surface area contributed by atoms with Crippen LogP contribution in [0.1, 0.15) is 6.42 Å². The Balaban J connectivity index is 2.43. The van der Waals surface area contributed by atoms with Crippen LogP contribution in [0.3, 0.4) is 0 Å². The van der Waals surface area contributed by atoms with Gasteiger partial charge in [0.2, 0.25) is 0 Å². The Morgan fingerprint density at radius 3 is 2.53 bits per heavy atom. The lowest BCUT2D eigenvalue weighted by molar-refractivity contribution is 0.401. The quantitative estimate of drug-likeness (QED) is 0.785. The summed E-state index contributed by atoms with van der Waals surface area (Å²) in [5.74, 6) is 0. The number of rotatable bonds is 5. The highest BCUT2D eigenvalue weighted by Crippen LogP contribution is 2.13. The van der Waals surface area contributed by atoms with Crippen molar-refractivity contribution in [2.24, 2.45) is 0 Å². The van der Waals surface area contributed by atoms with Gasteiger partial charge in [0.05, 0.1) is 17.6 Å². The molecule has 0 saturated heterocycles. The third-order valence-electron chi connectivity index (χ3n) is 2.28. The number of anilines is 2. The summed E-state index contributed by atoms with van der Waals surface area (Å²) in [5, 5.41) is 0. The van der Waals surface area contributed by atoms with Gasteiger partial charge in [-0.05, 0) is 33.1 Å². The first-order chi connectivity index (χ1) is 7.09. The van der Waals surface area contributed by atoms with Crippen LogP contribution in [0.4, 0.5) is 11.4 Å². The van der Waals surface area contributed by atoms with E-state index in [4.69, 9.17) is 5.73 Å². The Labute approximate surface area is 91.7 Å². The third-order valence-corrected chi connectivity index (χ3v) is 2.28. The van der Waals surface area contributed by atoms with Crippen LogP contribution in [-0.4, -0.2) is 44.1 Å². The summed E-state index contributed by atoms with van der Waals surface area (Å²) in [6, 6.07) is 1.95. The summed E-state index contributed by atoms with van der Waals surface area (Å²) in [6.45, 7) is 2.11. The van der Waals surface area contributed by atoms with E-state index in [2.05, 4.69) is 35.9 Å². The second-order valence-electron chi connectivity index (χ2n) is 4.05. The largest absolute Gasteiger partial charge is 0.397 e. The van der Waals surface area contributed by atoms with E-state index in [0.717, 1.165) is 25.2 Å². The molecule has 4 nitrogen and oxygen atoms in total. The molecule has 15 heavy (non-hydrogen) atoms. The Bertz CT molecular complexity index is 298. The van der Waals surface area contributed by atoms with E-state index in [9.17, 15) is 0 Å². The lowest BCUT2D eigenvalue weighted by atomic mass is 10.3. The van der Waals surface area contributed by atoms with Gasteiger partial charge in [-0.3, -0.25) is 4.98 Å². The Hall–Kier alpha value is -1.29. The molecule has 0 aromatic carbocycles. The van der Waals surface area contributed by atoms with Crippen LogP contribution in [0.15, 0.2) is 18.5 Å². The fraction of sp³-hybridized carbons (Fsp3) is 0.545.